The molecule has 3 N–H and O–H groups in total. The summed E-state index contributed by atoms with van der Waals surface area (Å²) in [7, 11) is 1.65. The molecule has 0 radical (unpaired) electrons. The van der Waals surface area contributed by atoms with Gasteiger partial charge in [-0.25, -0.2) is 4.79 Å². The van der Waals surface area contributed by atoms with Gasteiger partial charge in [0.2, 0.25) is 0 Å². The average molecular weight is 240 g/mol. The smallest absolute Gasteiger partial charge is 0.332 e. The van der Waals surface area contributed by atoms with Crippen molar-refractivity contribution in [3.63, 3.8) is 0 Å². The van der Waals surface area contributed by atoms with Crippen molar-refractivity contribution in [2.24, 2.45) is 0 Å². The number of hydrogen-bond donors (Lipinski definition) is 2. The molecule has 0 aliphatic carbocycles. The molecule has 1 aromatic rings. The molecule has 96 valence electrons. The molecule has 0 aliphatic rings. The van der Waals surface area contributed by atoms with Crippen LogP contribution in [-0.2, 0) is 13.1 Å². The third kappa shape index (κ3) is 2.35. The molecule has 0 amide bonds. The van der Waals surface area contributed by atoms with E-state index in [4.69, 9.17) is 5.73 Å². The largest absolute Gasteiger partial charge is 0.391 e. The molecule has 0 aromatic carbocycles. The van der Waals surface area contributed by atoms with Crippen LogP contribution in [0.15, 0.2) is 9.59 Å². The maximum absolute atomic E-state index is 12.1. The Kier molecular flexibility index (Phi) is 4.37. The Morgan fingerprint density at radius 2 is 1.65 bits per heavy atom. The first-order valence-electron chi connectivity index (χ1n) is 5.89. The van der Waals surface area contributed by atoms with Crippen molar-refractivity contribution in [1.29, 1.82) is 0 Å². The number of nitrogen functional groups attached to an aromatic ring is 1. The molecule has 0 atom stereocenters. The molecule has 1 heterocycles. The number of nitrogens with one attached hydrogen (secondary N) is 1. The summed E-state index contributed by atoms with van der Waals surface area (Å²) in [5, 5.41) is 2.82. The zero-order chi connectivity index (χ0) is 13.0. The second kappa shape index (κ2) is 5.56. The number of hydrogen-bond acceptors (Lipinski definition) is 4. The van der Waals surface area contributed by atoms with Crippen LogP contribution in [0.25, 0.3) is 0 Å². The van der Waals surface area contributed by atoms with E-state index in [0.717, 1.165) is 12.8 Å². The van der Waals surface area contributed by atoms with Crippen LogP contribution < -0.4 is 22.3 Å². The fraction of sp³-hybridized carbons (Fsp3) is 0.636. The minimum Gasteiger partial charge on any atom is -0.391 e. The van der Waals surface area contributed by atoms with Crippen LogP contribution in [0.5, 0.6) is 0 Å². The lowest BCUT2D eigenvalue weighted by molar-refractivity contribution is 0.547. The van der Waals surface area contributed by atoms with Crippen LogP contribution in [0, 0.1) is 0 Å². The second-order valence-corrected chi connectivity index (χ2v) is 3.90. The van der Waals surface area contributed by atoms with Crippen LogP contribution in [0.2, 0.25) is 0 Å². The number of rotatable bonds is 5. The van der Waals surface area contributed by atoms with Gasteiger partial charge in [-0.15, -0.1) is 0 Å². The predicted octanol–water partition coefficient (Wildman–Crippen LogP) is 0.454. The maximum Gasteiger partial charge on any atom is 0.332 e. The third-order valence-corrected chi connectivity index (χ3v) is 2.59. The molecule has 0 spiro atoms. The van der Waals surface area contributed by atoms with E-state index in [1.807, 2.05) is 13.8 Å². The maximum atomic E-state index is 12.1. The molecule has 0 fully saturated rings. The van der Waals surface area contributed by atoms with Gasteiger partial charge < -0.3 is 11.1 Å². The molecule has 6 heteroatoms. The molecule has 0 aliphatic heterocycles. The minimum atomic E-state index is -0.409. The summed E-state index contributed by atoms with van der Waals surface area (Å²) in [4.78, 5) is 24.0. The molecule has 0 saturated heterocycles. The molecule has 0 unspecified atom stereocenters. The van der Waals surface area contributed by atoms with Crippen molar-refractivity contribution in [1.82, 2.24) is 9.13 Å². The van der Waals surface area contributed by atoms with Gasteiger partial charge in [0.25, 0.3) is 5.56 Å². The van der Waals surface area contributed by atoms with E-state index in [-0.39, 0.29) is 11.4 Å². The van der Waals surface area contributed by atoms with E-state index in [9.17, 15) is 9.59 Å². The average Bonchev–Trinajstić information content (AvgIpc) is 2.32. The van der Waals surface area contributed by atoms with Crippen LogP contribution in [-0.4, -0.2) is 16.2 Å². The number of nitrogens with two attached hydrogens (primary N) is 1. The Hall–Kier alpha value is -1.72. The van der Waals surface area contributed by atoms with Gasteiger partial charge >= 0.3 is 5.69 Å². The van der Waals surface area contributed by atoms with E-state index in [1.54, 1.807) is 7.05 Å². The first-order valence-corrected chi connectivity index (χ1v) is 5.89. The first kappa shape index (κ1) is 13.3. The van der Waals surface area contributed by atoms with Crippen LogP contribution in [0.1, 0.15) is 26.7 Å². The molecule has 17 heavy (non-hydrogen) atoms. The summed E-state index contributed by atoms with van der Waals surface area (Å²) >= 11 is 0. The topological polar surface area (TPSA) is 82.1 Å². The molecule has 6 nitrogen and oxygen atoms in total. The molecule has 0 bridgehead atoms. The summed E-state index contributed by atoms with van der Waals surface area (Å²) in [6.07, 6.45) is 1.53. The van der Waals surface area contributed by atoms with Crippen molar-refractivity contribution in [3.8, 4) is 0 Å². The lowest BCUT2D eigenvalue weighted by Gasteiger charge is -2.16. The lowest BCUT2D eigenvalue weighted by Crippen LogP contribution is -2.42. The summed E-state index contributed by atoms with van der Waals surface area (Å²) in [5.74, 6) is 0.411. The monoisotopic (exact) mass is 240 g/mol. The standard InChI is InChI=1S/C11H20N4O2/c1-4-6-14-9(13-3)8(12)10(16)15(7-5-2)11(14)17/h13H,4-7,12H2,1-3H3. The quantitative estimate of drug-likeness (QED) is 0.783. The second-order valence-electron chi connectivity index (χ2n) is 3.90. The van der Waals surface area contributed by atoms with Gasteiger partial charge in [0.05, 0.1) is 0 Å². The highest BCUT2D eigenvalue weighted by Crippen LogP contribution is 2.10. The van der Waals surface area contributed by atoms with Gasteiger partial charge in [-0.3, -0.25) is 13.9 Å². The zero-order valence-corrected chi connectivity index (χ0v) is 10.6. The van der Waals surface area contributed by atoms with Crippen molar-refractivity contribution >= 4 is 11.5 Å². The van der Waals surface area contributed by atoms with E-state index >= 15 is 0 Å². The van der Waals surface area contributed by atoms with Crippen LogP contribution >= 0.6 is 0 Å². The van der Waals surface area contributed by atoms with E-state index in [0.29, 0.717) is 18.9 Å². The third-order valence-electron chi connectivity index (χ3n) is 2.59. The summed E-state index contributed by atoms with van der Waals surface area (Å²) in [5.41, 5.74) is 5.17. The summed E-state index contributed by atoms with van der Waals surface area (Å²) in [6.45, 7) is 4.83. The lowest BCUT2D eigenvalue weighted by atomic mass is 10.4. The van der Waals surface area contributed by atoms with Gasteiger partial charge in [0, 0.05) is 20.1 Å². The van der Waals surface area contributed by atoms with E-state index < -0.39 is 5.56 Å². The fourth-order valence-electron chi connectivity index (χ4n) is 1.84. The first-order chi connectivity index (χ1) is 8.08. The normalized spacial score (nSPS) is 10.5. The fourth-order valence-corrected chi connectivity index (χ4v) is 1.84. The molecule has 1 rings (SSSR count). The number of anilines is 2. The Morgan fingerprint density at radius 3 is 2.12 bits per heavy atom. The van der Waals surface area contributed by atoms with E-state index in [2.05, 4.69) is 5.32 Å². The highest BCUT2D eigenvalue weighted by atomic mass is 16.2. The summed E-state index contributed by atoms with van der Waals surface area (Å²) in [6, 6.07) is 0. The highest BCUT2D eigenvalue weighted by molar-refractivity contribution is 5.59. The molecule has 1 aromatic heterocycles. The predicted molar refractivity (Wildman–Crippen MR) is 69.5 cm³/mol. The van der Waals surface area contributed by atoms with Crippen molar-refractivity contribution in [2.75, 3.05) is 18.1 Å². The Bertz CT molecular complexity index is 501. The molecular formula is C11H20N4O2. The SMILES string of the molecule is CCCn1c(NC)c(N)c(=O)n(CCC)c1=O. The Balaban J connectivity index is 3.57. The minimum absolute atomic E-state index is 0.106. The van der Waals surface area contributed by atoms with Crippen molar-refractivity contribution in [2.45, 2.75) is 39.8 Å². The highest BCUT2D eigenvalue weighted by Gasteiger charge is 2.14. The van der Waals surface area contributed by atoms with Gasteiger partial charge in [-0.05, 0) is 12.8 Å². The van der Waals surface area contributed by atoms with Gasteiger partial charge in [-0.2, -0.15) is 0 Å². The summed E-state index contributed by atoms with van der Waals surface area (Å²) < 4.78 is 2.72. The van der Waals surface area contributed by atoms with Gasteiger partial charge in [-0.1, -0.05) is 13.8 Å². The van der Waals surface area contributed by atoms with Crippen molar-refractivity contribution in [3.05, 3.63) is 20.8 Å². The molecule has 0 saturated carbocycles. The molecular weight excluding hydrogens is 220 g/mol. The number of aromatic nitrogens is 2. The van der Waals surface area contributed by atoms with Gasteiger partial charge in [0.1, 0.15) is 11.5 Å². The van der Waals surface area contributed by atoms with Crippen molar-refractivity contribution < 1.29 is 0 Å². The number of nitrogens with zero attached hydrogens (tertiary/aromatic N) is 2. The van der Waals surface area contributed by atoms with E-state index in [1.165, 1.54) is 9.13 Å². The van der Waals surface area contributed by atoms with Crippen LogP contribution in [0.3, 0.4) is 0 Å². The Labute approximate surface area is 100 Å². The zero-order valence-electron chi connectivity index (χ0n) is 10.6. The Morgan fingerprint density at radius 1 is 1.12 bits per heavy atom. The van der Waals surface area contributed by atoms with Gasteiger partial charge in [0.15, 0.2) is 0 Å². The van der Waals surface area contributed by atoms with Crippen LogP contribution in [0.4, 0.5) is 11.5 Å².